The van der Waals surface area contributed by atoms with E-state index in [-0.39, 0.29) is 12.0 Å². The smallest absolute Gasteiger partial charge is 0.248 e. The fourth-order valence-electron chi connectivity index (χ4n) is 1.43. The molecule has 0 heterocycles. The first-order valence-corrected chi connectivity index (χ1v) is 6.26. The highest BCUT2D eigenvalue weighted by Gasteiger charge is 2.09. The fraction of sp³-hybridized carbons (Fsp3) is 0.462. The van der Waals surface area contributed by atoms with Crippen LogP contribution >= 0.6 is 11.6 Å². The third-order valence-electron chi connectivity index (χ3n) is 2.78. The van der Waals surface area contributed by atoms with E-state index < -0.39 is 5.91 Å². The second kappa shape index (κ2) is 6.73. The lowest BCUT2D eigenvalue weighted by Gasteiger charge is -2.15. The van der Waals surface area contributed by atoms with Gasteiger partial charge in [0.15, 0.2) is 0 Å². The maximum Gasteiger partial charge on any atom is 0.248 e. The molecule has 18 heavy (non-hydrogen) atoms. The number of primary amides is 1. The molecule has 0 bridgehead atoms. The van der Waals surface area contributed by atoms with Gasteiger partial charge in [-0.05, 0) is 23.6 Å². The van der Waals surface area contributed by atoms with Crippen LogP contribution in [-0.4, -0.2) is 23.7 Å². The van der Waals surface area contributed by atoms with E-state index in [1.807, 2.05) is 13.8 Å². The van der Waals surface area contributed by atoms with Gasteiger partial charge in [-0.2, -0.15) is 0 Å². The summed E-state index contributed by atoms with van der Waals surface area (Å²) in [5, 5.41) is 13.3. The molecule has 5 heteroatoms. The monoisotopic (exact) mass is 270 g/mol. The Labute approximate surface area is 112 Å². The zero-order chi connectivity index (χ0) is 13.7. The maximum absolute atomic E-state index is 11.0. The van der Waals surface area contributed by atoms with E-state index in [1.54, 1.807) is 18.2 Å². The van der Waals surface area contributed by atoms with Gasteiger partial charge in [0, 0.05) is 23.7 Å². The van der Waals surface area contributed by atoms with Crippen LogP contribution in [0.4, 0.5) is 0 Å². The van der Waals surface area contributed by atoms with Crippen LogP contribution in [-0.2, 0) is 6.54 Å². The average molecular weight is 271 g/mol. The number of halogens is 1. The first-order chi connectivity index (χ1) is 8.41. The number of hydrogen-bond donors (Lipinski definition) is 3. The number of amides is 1. The van der Waals surface area contributed by atoms with Gasteiger partial charge in [-0.3, -0.25) is 4.79 Å². The van der Waals surface area contributed by atoms with Crippen LogP contribution in [0.15, 0.2) is 18.2 Å². The number of aliphatic hydroxyl groups excluding tert-OH is 1. The van der Waals surface area contributed by atoms with Gasteiger partial charge in [0.1, 0.15) is 0 Å². The van der Waals surface area contributed by atoms with E-state index in [0.717, 1.165) is 5.56 Å². The molecule has 0 saturated carbocycles. The standard InChI is InChI=1S/C13H19ClN2O2/c1-8(2)12(17)7-16-6-10-4-3-9(13(15)18)5-11(10)14/h3-5,8,12,16-17H,6-7H2,1-2H3,(H2,15,18). The van der Waals surface area contributed by atoms with Crippen LogP contribution in [0.25, 0.3) is 0 Å². The number of aliphatic hydroxyl groups is 1. The van der Waals surface area contributed by atoms with E-state index >= 15 is 0 Å². The molecule has 1 atom stereocenters. The van der Waals surface area contributed by atoms with Gasteiger partial charge in [-0.1, -0.05) is 31.5 Å². The van der Waals surface area contributed by atoms with Crippen molar-refractivity contribution in [2.24, 2.45) is 11.7 Å². The lowest BCUT2D eigenvalue weighted by molar-refractivity contribution is 0.100. The van der Waals surface area contributed by atoms with Crippen LogP contribution in [0, 0.1) is 5.92 Å². The molecule has 0 aliphatic carbocycles. The minimum absolute atomic E-state index is 0.213. The predicted molar refractivity (Wildman–Crippen MR) is 72.5 cm³/mol. The number of benzene rings is 1. The molecule has 1 aromatic carbocycles. The van der Waals surface area contributed by atoms with Crippen molar-refractivity contribution in [1.29, 1.82) is 0 Å². The molecule has 1 rings (SSSR count). The summed E-state index contributed by atoms with van der Waals surface area (Å²) < 4.78 is 0. The minimum atomic E-state index is -0.494. The summed E-state index contributed by atoms with van der Waals surface area (Å²) in [5.41, 5.74) is 6.43. The van der Waals surface area contributed by atoms with Crippen molar-refractivity contribution in [2.45, 2.75) is 26.5 Å². The van der Waals surface area contributed by atoms with E-state index in [2.05, 4.69) is 5.32 Å². The normalized spacial score (nSPS) is 12.7. The molecule has 0 aliphatic rings. The first kappa shape index (κ1) is 15.0. The van der Waals surface area contributed by atoms with Crippen LogP contribution in [0.1, 0.15) is 29.8 Å². The number of hydrogen-bond acceptors (Lipinski definition) is 3. The molecule has 1 amide bonds. The van der Waals surface area contributed by atoms with Crippen molar-refractivity contribution < 1.29 is 9.90 Å². The summed E-state index contributed by atoms with van der Waals surface area (Å²) in [7, 11) is 0. The largest absolute Gasteiger partial charge is 0.392 e. The summed E-state index contributed by atoms with van der Waals surface area (Å²) >= 11 is 6.04. The topological polar surface area (TPSA) is 75.3 Å². The predicted octanol–water partition coefficient (Wildman–Crippen LogP) is 1.55. The molecule has 0 fully saturated rings. The van der Waals surface area contributed by atoms with Crippen molar-refractivity contribution in [2.75, 3.05) is 6.54 Å². The van der Waals surface area contributed by atoms with Crippen molar-refractivity contribution in [3.8, 4) is 0 Å². The Bertz CT molecular complexity index is 421. The molecular weight excluding hydrogens is 252 g/mol. The molecule has 1 unspecified atom stereocenters. The maximum atomic E-state index is 11.0. The van der Waals surface area contributed by atoms with Crippen molar-refractivity contribution in [1.82, 2.24) is 5.32 Å². The lowest BCUT2D eigenvalue weighted by Crippen LogP contribution is -2.30. The van der Waals surface area contributed by atoms with Gasteiger partial charge in [0.05, 0.1) is 6.10 Å². The van der Waals surface area contributed by atoms with E-state index in [4.69, 9.17) is 17.3 Å². The van der Waals surface area contributed by atoms with Gasteiger partial charge in [-0.15, -0.1) is 0 Å². The van der Waals surface area contributed by atoms with Gasteiger partial charge < -0.3 is 16.2 Å². The highest BCUT2D eigenvalue weighted by Crippen LogP contribution is 2.17. The van der Waals surface area contributed by atoms with Crippen molar-refractivity contribution in [3.63, 3.8) is 0 Å². The molecule has 1 aromatic rings. The molecule has 0 radical (unpaired) electrons. The van der Waals surface area contributed by atoms with E-state index in [0.29, 0.717) is 23.7 Å². The molecule has 4 N–H and O–H groups in total. The summed E-state index contributed by atoms with van der Waals surface area (Å²) in [5.74, 6) is -0.281. The summed E-state index contributed by atoms with van der Waals surface area (Å²) in [6.45, 7) is 4.97. The Hall–Kier alpha value is -1.10. The zero-order valence-corrected chi connectivity index (χ0v) is 11.4. The second-order valence-corrected chi connectivity index (χ2v) is 5.02. The van der Waals surface area contributed by atoms with Gasteiger partial charge in [0.2, 0.25) is 5.91 Å². The number of carbonyl (C=O) groups is 1. The van der Waals surface area contributed by atoms with Gasteiger partial charge in [0.25, 0.3) is 0 Å². The second-order valence-electron chi connectivity index (χ2n) is 4.61. The van der Waals surface area contributed by atoms with Gasteiger partial charge >= 0.3 is 0 Å². The molecule has 0 saturated heterocycles. The quantitative estimate of drug-likeness (QED) is 0.734. The van der Waals surface area contributed by atoms with Gasteiger partial charge in [-0.25, -0.2) is 0 Å². The van der Waals surface area contributed by atoms with Crippen LogP contribution < -0.4 is 11.1 Å². The number of carbonyl (C=O) groups excluding carboxylic acids is 1. The highest BCUT2D eigenvalue weighted by atomic mass is 35.5. The molecule has 0 spiro atoms. The Morgan fingerprint density at radius 2 is 2.17 bits per heavy atom. The van der Waals surface area contributed by atoms with Crippen LogP contribution in [0.3, 0.4) is 0 Å². The van der Waals surface area contributed by atoms with Crippen molar-refractivity contribution >= 4 is 17.5 Å². The van der Waals surface area contributed by atoms with Crippen LogP contribution in [0.5, 0.6) is 0 Å². The Morgan fingerprint density at radius 3 is 2.67 bits per heavy atom. The molecule has 0 aliphatic heterocycles. The molecular formula is C13H19ClN2O2. The fourth-order valence-corrected chi connectivity index (χ4v) is 1.68. The van der Waals surface area contributed by atoms with E-state index in [9.17, 15) is 9.90 Å². The minimum Gasteiger partial charge on any atom is -0.392 e. The molecule has 100 valence electrons. The average Bonchev–Trinajstić information content (AvgIpc) is 2.30. The lowest BCUT2D eigenvalue weighted by atomic mass is 10.1. The number of nitrogens with one attached hydrogen (secondary N) is 1. The number of nitrogens with two attached hydrogens (primary N) is 1. The summed E-state index contributed by atoms with van der Waals surface area (Å²) in [6.07, 6.45) is -0.381. The Balaban J connectivity index is 2.56. The Morgan fingerprint density at radius 1 is 1.50 bits per heavy atom. The van der Waals surface area contributed by atoms with E-state index in [1.165, 1.54) is 0 Å². The first-order valence-electron chi connectivity index (χ1n) is 5.88. The SMILES string of the molecule is CC(C)C(O)CNCc1ccc(C(N)=O)cc1Cl. The van der Waals surface area contributed by atoms with Crippen molar-refractivity contribution in [3.05, 3.63) is 34.3 Å². The van der Waals surface area contributed by atoms with Crippen LogP contribution in [0.2, 0.25) is 5.02 Å². The third-order valence-corrected chi connectivity index (χ3v) is 3.13. The summed E-state index contributed by atoms with van der Waals surface area (Å²) in [6, 6.07) is 4.96. The Kier molecular flexibility index (Phi) is 5.59. The summed E-state index contributed by atoms with van der Waals surface area (Å²) in [4.78, 5) is 11.0. The molecule has 0 aromatic heterocycles. The molecule has 4 nitrogen and oxygen atoms in total. The third kappa shape index (κ3) is 4.29. The zero-order valence-electron chi connectivity index (χ0n) is 10.6. The number of rotatable bonds is 6. The highest BCUT2D eigenvalue weighted by molar-refractivity contribution is 6.31.